The highest BCUT2D eigenvalue weighted by Gasteiger charge is 1.72. The fraction of sp³-hybridized carbons (Fsp3) is 0.600. The van der Waals surface area contributed by atoms with E-state index in [1.54, 1.807) is 0 Å². The molecule has 0 aromatic carbocycles. The van der Waals surface area contributed by atoms with Crippen molar-refractivity contribution in [2.24, 2.45) is 0 Å². The lowest BCUT2D eigenvalue weighted by molar-refractivity contribution is -0.644. The van der Waals surface area contributed by atoms with Gasteiger partial charge < -0.3 is 25.9 Å². The van der Waals surface area contributed by atoms with Crippen LogP contribution in [0.2, 0.25) is 0 Å². The van der Waals surface area contributed by atoms with E-state index in [2.05, 4.69) is 11.1 Å². The molecule has 0 saturated heterocycles. The molecule has 0 bridgehead atoms. The summed E-state index contributed by atoms with van der Waals surface area (Å²) < 4.78 is 0. The van der Waals surface area contributed by atoms with E-state index in [1.165, 1.54) is 0 Å². The molecule has 0 heterocycles. The molecule has 0 aliphatic heterocycles. The SMILES string of the molecule is C[NH2+]CC[NH3+].[CH3-].[CH3-]. The Labute approximate surface area is 47.1 Å². The van der Waals surface area contributed by atoms with E-state index in [-0.39, 0.29) is 14.9 Å². The van der Waals surface area contributed by atoms with Crippen LogP contribution < -0.4 is 11.1 Å². The van der Waals surface area contributed by atoms with Crippen LogP contribution in [0.25, 0.3) is 0 Å². The first-order chi connectivity index (χ1) is 2.41. The van der Waals surface area contributed by atoms with Crippen molar-refractivity contribution in [1.82, 2.24) is 0 Å². The van der Waals surface area contributed by atoms with Gasteiger partial charge in [0.15, 0.2) is 0 Å². The topological polar surface area (TPSA) is 44.2 Å². The summed E-state index contributed by atoms with van der Waals surface area (Å²) in [6, 6.07) is 0. The predicted molar refractivity (Wildman–Crippen MR) is 33.3 cm³/mol. The van der Waals surface area contributed by atoms with Crippen LogP contribution in [0, 0.1) is 14.9 Å². The number of quaternary nitrogens is 2. The fourth-order valence-corrected chi connectivity index (χ4v) is 0.204. The first kappa shape index (κ1) is 15.8. The second kappa shape index (κ2) is 16.8. The number of hydrogen-bond donors (Lipinski definition) is 2. The van der Waals surface area contributed by atoms with Crippen molar-refractivity contribution >= 4 is 0 Å². The van der Waals surface area contributed by atoms with Gasteiger partial charge in [-0.15, -0.1) is 0 Å². The van der Waals surface area contributed by atoms with E-state index in [1.807, 2.05) is 7.05 Å². The summed E-state index contributed by atoms with van der Waals surface area (Å²) in [6.07, 6.45) is 0. The van der Waals surface area contributed by atoms with Crippen LogP contribution in [0.3, 0.4) is 0 Å². The molecule has 0 amide bonds. The quantitative estimate of drug-likeness (QED) is 0.395. The Balaban J connectivity index is -0.0000000800. The second-order valence-electron chi connectivity index (χ2n) is 1.05. The third-order valence-corrected chi connectivity index (χ3v) is 0.493. The summed E-state index contributed by atoms with van der Waals surface area (Å²) >= 11 is 0. The molecule has 0 rings (SSSR count). The van der Waals surface area contributed by atoms with Crippen LogP contribution in [0.1, 0.15) is 0 Å². The zero-order valence-corrected chi connectivity index (χ0v) is 5.70. The zero-order chi connectivity index (χ0) is 4.12. The maximum atomic E-state index is 3.64. The van der Waals surface area contributed by atoms with Gasteiger partial charge in [0.25, 0.3) is 0 Å². The van der Waals surface area contributed by atoms with Crippen molar-refractivity contribution in [3.05, 3.63) is 14.9 Å². The van der Waals surface area contributed by atoms with E-state index in [4.69, 9.17) is 0 Å². The smallest absolute Gasteiger partial charge is 0.125 e. The first-order valence-electron chi connectivity index (χ1n) is 1.99. The predicted octanol–water partition coefficient (Wildman–Crippen LogP) is -1.68. The molecule has 7 heavy (non-hydrogen) atoms. The van der Waals surface area contributed by atoms with Gasteiger partial charge in [0.1, 0.15) is 13.1 Å². The lowest BCUT2D eigenvalue weighted by atomic mass is 10.7. The molecular weight excluding hydrogens is 88.1 g/mol. The largest absolute Gasteiger partial charge is 0.358 e. The van der Waals surface area contributed by atoms with Crippen molar-refractivity contribution < 1.29 is 11.1 Å². The Morgan fingerprint density at radius 3 is 1.86 bits per heavy atom. The van der Waals surface area contributed by atoms with Gasteiger partial charge in [0.2, 0.25) is 0 Å². The van der Waals surface area contributed by atoms with Gasteiger partial charge in [-0.1, -0.05) is 0 Å². The van der Waals surface area contributed by atoms with Crippen LogP contribution in [0.5, 0.6) is 0 Å². The Kier molecular flexibility index (Phi) is 37.9. The first-order valence-corrected chi connectivity index (χ1v) is 1.99. The van der Waals surface area contributed by atoms with Crippen LogP contribution in [0.4, 0.5) is 0 Å². The van der Waals surface area contributed by atoms with Crippen LogP contribution in [-0.2, 0) is 0 Å². The third-order valence-electron chi connectivity index (χ3n) is 0.493. The maximum absolute atomic E-state index is 3.64. The van der Waals surface area contributed by atoms with Crippen molar-refractivity contribution in [2.75, 3.05) is 20.1 Å². The third kappa shape index (κ3) is 24.7. The Bertz CT molecular complexity index is 13.6. The molecule has 0 unspecified atom stereocenters. The van der Waals surface area contributed by atoms with E-state index in [0.29, 0.717) is 0 Å². The number of rotatable bonds is 2. The normalized spacial score (nSPS) is 6.00. The van der Waals surface area contributed by atoms with Gasteiger partial charge in [0.05, 0.1) is 7.05 Å². The summed E-state index contributed by atoms with van der Waals surface area (Å²) in [5.74, 6) is 0. The molecule has 5 N–H and O–H groups in total. The Morgan fingerprint density at radius 1 is 1.43 bits per heavy atom. The summed E-state index contributed by atoms with van der Waals surface area (Å²) in [4.78, 5) is 0. The minimum Gasteiger partial charge on any atom is -0.358 e. The standard InChI is InChI=1S/C3H10N2.2CH3/c1-5-3-2-4;;/h5H,2-4H2,1H3;2*1H3/q;2*-1/p+2. The minimum absolute atomic E-state index is 0. The van der Waals surface area contributed by atoms with Crippen molar-refractivity contribution in [3.8, 4) is 0 Å². The van der Waals surface area contributed by atoms with Gasteiger partial charge in [-0.05, 0) is 0 Å². The molecule has 0 spiro atoms. The van der Waals surface area contributed by atoms with Crippen LogP contribution >= 0.6 is 0 Å². The maximum Gasteiger partial charge on any atom is 0.125 e. The van der Waals surface area contributed by atoms with Gasteiger partial charge in [0, 0.05) is 0 Å². The van der Waals surface area contributed by atoms with Crippen LogP contribution in [0.15, 0.2) is 0 Å². The average Bonchev–Trinajstić information content (AvgIpc) is 1.41. The second-order valence-corrected chi connectivity index (χ2v) is 1.05. The molecule has 0 aromatic rings. The lowest BCUT2D eigenvalue weighted by Crippen LogP contribution is -2.84. The molecule has 0 saturated carbocycles. The summed E-state index contributed by atoms with van der Waals surface area (Å²) in [7, 11) is 2.05. The Hall–Kier alpha value is -0.0800. The van der Waals surface area contributed by atoms with E-state index >= 15 is 0 Å². The molecule has 48 valence electrons. The molecule has 0 aromatic heterocycles. The lowest BCUT2D eigenvalue weighted by Gasteiger charge is -1.79. The number of hydrogen-bond acceptors (Lipinski definition) is 0. The summed E-state index contributed by atoms with van der Waals surface area (Å²) in [5, 5.41) is 2.12. The van der Waals surface area contributed by atoms with Gasteiger partial charge in [-0.2, -0.15) is 0 Å². The monoisotopic (exact) mass is 106 g/mol. The fourth-order valence-electron chi connectivity index (χ4n) is 0.204. The summed E-state index contributed by atoms with van der Waals surface area (Å²) in [5.41, 5.74) is 3.64. The zero-order valence-electron chi connectivity index (χ0n) is 5.70. The van der Waals surface area contributed by atoms with Crippen LogP contribution in [-0.4, -0.2) is 20.1 Å². The average molecular weight is 106 g/mol. The Morgan fingerprint density at radius 2 is 1.86 bits per heavy atom. The molecule has 2 heteroatoms. The highest BCUT2D eigenvalue weighted by atomic mass is 14.8. The molecular formula is C5H18N2. The van der Waals surface area contributed by atoms with Gasteiger partial charge in [-0.25, -0.2) is 0 Å². The van der Waals surface area contributed by atoms with Gasteiger partial charge >= 0.3 is 0 Å². The molecule has 0 aliphatic rings. The molecule has 0 fully saturated rings. The molecule has 2 nitrogen and oxygen atoms in total. The van der Waals surface area contributed by atoms with Crippen molar-refractivity contribution in [1.29, 1.82) is 0 Å². The van der Waals surface area contributed by atoms with E-state index in [9.17, 15) is 0 Å². The number of nitrogens with two attached hydrogens (primary N) is 1. The van der Waals surface area contributed by atoms with Crippen molar-refractivity contribution in [2.45, 2.75) is 0 Å². The molecule has 0 radical (unpaired) electrons. The van der Waals surface area contributed by atoms with E-state index in [0.717, 1.165) is 13.1 Å². The van der Waals surface area contributed by atoms with Crippen molar-refractivity contribution in [3.63, 3.8) is 0 Å². The molecule has 0 atom stereocenters. The highest BCUT2D eigenvalue weighted by molar-refractivity contribution is 4.03. The summed E-state index contributed by atoms with van der Waals surface area (Å²) in [6.45, 7) is 2.19. The molecule has 0 aliphatic carbocycles. The minimum atomic E-state index is 0. The van der Waals surface area contributed by atoms with Gasteiger partial charge in [-0.3, -0.25) is 0 Å². The number of likely N-dealkylation sites (N-methyl/N-ethyl adjacent to an activating group) is 1. The highest BCUT2D eigenvalue weighted by Crippen LogP contribution is 1.17. The van der Waals surface area contributed by atoms with E-state index < -0.39 is 0 Å².